The molecule has 0 aromatic carbocycles. The summed E-state index contributed by atoms with van der Waals surface area (Å²) in [5.74, 6) is 1.56. The summed E-state index contributed by atoms with van der Waals surface area (Å²) in [6.45, 7) is 4.46. The predicted octanol–water partition coefficient (Wildman–Crippen LogP) is 3.29. The second kappa shape index (κ2) is 10.1. The fourth-order valence-electron chi connectivity index (χ4n) is 4.99. The van der Waals surface area contributed by atoms with Crippen LogP contribution in [0.2, 0.25) is 0 Å². The Morgan fingerprint density at radius 1 is 1.11 bits per heavy atom. The fraction of sp³-hybridized carbons (Fsp3) is 0.500. The summed E-state index contributed by atoms with van der Waals surface area (Å²) < 4.78 is 8.88. The van der Waals surface area contributed by atoms with Gasteiger partial charge in [0.25, 0.3) is 5.91 Å². The molecule has 0 unspecified atom stereocenters. The molecule has 2 saturated carbocycles. The monoisotopic (exact) mass is 491 g/mol. The van der Waals surface area contributed by atoms with Crippen molar-refractivity contribution < 1.29 is 14.3 Å². The largest absolute Gasteiger partial charge is 0.481 e. The first-order chi connectivity index (χ1) is 17.4. The van der Waals surface area contributed by atoms with Crippen LogP contribution in [0.4, 0.5) is 5.82 Å². The number of hydrogen-bond acceptors (Lipinski definition) is 6. The third-order valence-corrected chi connectivity index (χ3v) is 6.96. The Balaban J connectivity index is 1.32. The smallest absolute Gasteiger partial charge is 0.270 e. The highest BCUT2D eigenvalue weighted by molar-refractivity contribution is 6.00. The molecule has 0 radical (unpaired) electrons. The molecule has 0 spiro atoms. The minimum absolute atomic E-state index is 0.0399. The highest BCUT2D eigenvalue weighted by Crippen LogP contribution is 2.50. The van der Waals surface area contributed by atoms with Gasteiger partial charge in [-0.2, -0.15) is 5.10 Å². The quantitative estimate of drug-likeness (QED) is 0.425. The average molecular weight is 492 g/mol. The predicted molar refractivity (Wildman–Crippen MR) is 134 cm³/mol. The van der Waals surface area contributed by atoms with Gasteiger partial charge in [-0.25, -0.2) is 9.97 Å². The number of ether oxygens (including phenoxy) is 1. The molecule has 2 aliphatic carbocycles. The summed E-state index contributed by atoms with van der Waals surface area (Å²) in [7, 11) is 1.59. The first-order valence-corrected chi connectivity index (χ1v) is 12.6. The lowest BCUT2D eigenvalue weighted by molar-refractivity contribution is -0.119. The van der Waals surface area contributed by atoms with Gasteiger partial charge in [-0.3, -0.25) is 14.3 Å². The van der Waals surface area contributed by atoms with Gasteiger partial charge in [0.2, 0.25) is 11.8 Å². The van der Waals surface area contributed by atoms with Crippen molar-refractivity contribution >= 4 is 17.6 Å². The molecule has 0 saturated heterocycles. The number of methoxy groups -OCH3 is 1. The highest BCUT2D eigenvalue weighted by atomic mass is 16.5. The van der Waals surface area contributed by atoms with Gasteiger partial charge in [-0.15, -0.1) is 0 Å². The molecule has 2 fully saturated rings. The number of carbonyl (C=O) groups excluding carboxylic acids is 2. The summed E-state index contributed by atoms with van der Waals surface area (Å²) in [5.41, 5.74) is 1.37. The molecule has 10 heteroatoms. The molecule has 10 nitrogen and oxygen atoms in total. The molecular weight excluding hydrogens is 458 g/mol. The molecule has 2 N–H and O–H groups in total. The number of carbonyl (C=O) groups is 2. The van der Waals surface area contributed by atoms with E-state index in [1.54, 1.807) is 42.8 Å². The van der Waals surface area contributed by atoms with Gasteiger partial charge < -0.3 is 19.9 Å². The van der Waals surface area contributed by atoms with Crippen LogP contribution in [-0.4, -0.2) is 49.3 Å². The average Bonchev–Trinajstić information content (AvgIpc) is 3.79. The number of aromatic nitrogens is 5. The van der Waals surface area contributed by atoms with Crippen molar-refractivity contribution in [2.75, 3.05) is 12.4 Å². The topological polar surface area (TPSA) is 116 Å². The van der Waals surface area contributed by atoms with Gasteiger partial charge in [0, 0.05) is 30.2 Å². The minimum atomic E-state index is -0.628. The van der Waals surface area contributed by atoms with Gasteiger partial charge in [-0.05, 0) is 69.4 Å². The summed E-state index contributed by atoms with van der Waals surface area (Å²) in [4.78, 5) is 35.5. The summed E-state index contributed by atoms with van der Waals surface area (Å²) in [6.07, 6.45) is 11.2. The maximum atomic E-state index is 13.6. The number of hydrogen-bond donors (Lipinski definition) is 2. The lowest BCUT2D eigenvalue weighted by atomic mass is 9.88. The van der Waals surface area contributed by atoms with Crippen LogP contribution >= 0.6 is 0 Å². The van der Waals surface area contributed by atoms with Crippen molar-refractivity contribution in [1.29, 1.82) is 0 Å². The zero-order valence-electron chi connectivity index (χ0n) is 20.9. The van der Waals surface area contributed by atoms with E-state index in [2.05, 4.69) is 25.7 Å². The van der Waals surface area contributed by atoms with Crippen LogP contribution < -0.4 is 15.4 Å². The maximum absolute atomic E-state index is 13.6. The summed E-state index contributed by atoms with van der Waals surface area (Å²) in [6, 6.07) is 4.90. The first kappa shape index (κ1) is 24.0. The second-order valence-electron chi connectivity index (χ2n) is 10.1. The molecule has 0 aliphatic heterocycles. The zero-order valence-corrected chi connectivity index (χ0v) is 20.9. The molecule has 36 heavy (non-hydrogen) atoms. The van der Waals surface area contributed by atoms with Crippen LogP contribution in [-0.2, 0) is 11.3 Å². The third kappa shape index (κ3) is 5.27. The summed E-state index contributed by atoms with van der Waals surface area (Å²) >= 11 is 0. The second-order valence-corrected chi connectivity index (χ2v) is 10.1. The SMILES string of the molecule is COc1ncccc1Cn1cnc(NC(=O)[C@@H](NC(=O)c2ccnn2C(C)C)C(C2CC2)C2CC2)c1. The Morgan fingerprint density at radius 2 is 1.86 bits per heavy atom. The van der Waals surface area contributed by atoms with E-state index in [4.69, 9.17) is 4.74 Å². The van der Waals surface area contributed by atoms with Crippen LogP contribution in [0.25, 0.3) is 0 Å². The number of rotatable bonds is 11. The number of nitrogens with one attached hydrogen (secondary N) is 2. The third-order valence-electron chi connectivity index (χ3n) is 6.96. The molecule has 3 aromatic rings. The Morgan fingerprint density at radius 3 is 2.53 bits per heavy atom. The van der Waals surface area contributed by atoms with E-state index in [-0.39, 0.29) is 23.8 Å². The van der Waals surface area contributed by atoms with Crippen molar-refractivity contribution in [2.45, 2.75) is 58.2 Å². The molecule has 1 atom stereocenters. The van der Waals surface area contributed by atoms with Crippen molar-refractivity contribution in [1.82, 2.24) is 29.6 Å². The normalized spacial score (nSPS) is 16.2. The number of nitrogens with zero attached hydrogens (tertiary/aromatic N) is 5. The Labute approximate surface area is 210 Å². The molecule has 3 heterocycles. The molecule has 2 aliphatic rings. The molecule has 2 amide bonds. The van der Waals surface area contributed by atoms with Gasteiger partial charge in [0.15, 0.2) is 5.82 Å². The van der Waals surface area contributed by atoms with Crippen LogP contribution in [0.3, 0.4) is 0 Å². The minimum Gasteiger partial charge on any atom is -0.481 e. The lowest BCUT2D eigenvalue weighted by Gasteiger charge is -2.27. The lowest BCUT2D eigenvalue weighted by Crippen LogP contribution is -2.50. The summed E-state index contributed by atoms with van der Waals surface area (Å²) in [5, 5.41) is 10.3. The molecular formula is C26H33N7O3. The van der Waals surface area contributed by atoms with E-state index in [1.807, 2.05) is 30.5 Å². The molecule has 0 bridgehead atoms. The Bertz CT molecular complexity index is 1210. The van der Waals surface area contributed by atoms with E-state index in [0.29, 0.717) is 35.8 Å². The number of anilines is 1. The van der Waals surface area contributed by atoms with Crippen molar-refractivity contribution in [3.8, 4) is 5.88 Å². The molecule has 3 aromatic heterocycles. The van der Waals surface area contributed by atoms with Crippen molar-refractivity contribution in [2.24, 2.45) is 17.8 Å². The highest BCUT2D eigenvalue weighted by Gasteiger charge is 2.48. The van der Waals surface area contributed by atoms with Crippen LogP contribution in [0.5, 0.6) is 5.88 Å². The van der Waals surface area contributed by atoms with E-state index in [9.17, 15) is 9.59 Å². The van der Waals surface area contributed by atoms with Gasteiger partial charge in [-0.1, -0.05) is 6.07 Å². The number of amides is 2. The van der Waals surface area contributed by atoms with Gasteiger partial charge in [0.1, 0.15) is 11.7 Å². The van der Waals surface area contributed by atoms with Gasteiger partial charge >= 0.3 is 0 Å². The Hall–Kier alpha value is -3.69. The standard InChI is InChI=1S/C26H33N7O3/c1-16(2)33-20(10-12-29-33)24(34)31-23(22(17-6-7-17)18-8-9-18)25(35)30-21-14-32(15-28-21)13-19-5-4-11-27-26(19)36-3/h4-5,10-12,14-18,22-23H,6-9,13H2,1-3H3,(H,30,35)(H,31,34)/t23-/m0/s1. The van der Waals surface area contributed by atoms with Crippen LogP contribution in [0, 0.1) is 17.8 Å². The van der Waals surface area contributed by atoms with Crippen LogP contribution in [0.1, 0.15) is 61.6 Å². The molecule has 190 valence electrons. The van der Waals surface area contributed by atoms with E-state index >= 15 is 0 Å². The van der Waals surface area contributed by atoms with E-state index < -0.39 is 6.04 Å². The number of imidazole rings is 1. The first-order valence-electron chi connectivity index (χ1n) is 12.6. The van der Waals surface area contributed by atoms with Crippen LogP contribution in [0.15, 0.2) is 43.1 Å². The Kier molecular flexibility index (Phi) is 6.75. The maximum Gasteiger partial charge on any atom is 0.270 e. The van der Waals surface area contributed by atoms with E-state index in [1.165, 1.54) is 0 Å². The van der Waals surface area contributed by atoms with Crippen molar-refractivity contribution in [3.63, 3.8) is 0 Å². The number of pyridine rings is 1. The van der Waals surface area contributed by atoms with Gasteiger partial charge in [0.05, 0.1) is 20.0 Å². The van der Waals surface area contributed by atoms with E-state index in [0.717, 1.165) is 31.2 Å². The van der Waals surface area contributed by atoms with Crippen molar-refractivity contribution in [3.05, 3.63) is 54.4 Å². The zero-order chi connectivity index (χ0) is 25.2. The molecule has 5 rings (SSSR count). The fourth-order valence-corrected chi connectivity index (χ4v) is 4.99.